The Hall–Kier alpha value is -2.93. The van der Waals surface area contributed by atoms with E-state index in [0.29, 0.717) is 22.3 Å². The molecule has 0 saturated carbocycles. The SMILES string of the molecule is CNC(=O)CN(C)c1ccc2c(-c3ccc(F)cc3Cl)cc(=O)oc2n1. The van der Waals surface area contributed by atoms with Gasteiger partial charge in [-0.05, 0) is 30.3 Å². The molecule has 0 atom stereocenters. The lowest BCUT2D eigenvalue weighted by atomic mass is 10.0. The molecule has 0 radical (unpaired) electrons. The minimum absolute atomic E-state index is 0.0999. The number of nitrogens with one attached hydrogen (secondary N) is 1. The van der Waals surface area contributed by atoms with E-state index in [9.17, 15) is 14.0 Å². The van der Waals surface area contributed by atoms with Gasteiger partial charge < -0.3 is 14.6 Å². The van der Waals surface area contributed by atoms with Crippen molar-refractivity contribution in [2.24, 2.45) is 0 Å². The molecular weight excluding hydrogens is 361 g/mol. The maximum absolute atomic E-state index is 13.3. The number of aromatic nitrogens is 1. The standard InChI is InChI=1S/C18H15ClFN3O3/c1-21-16(24)9-23(2)15-6-5-12-13(8-17(25)26-18(12)22-15)11-4-3-10(20)7-14(11)19/h3-8H,9H2,1-2H3,(H,21,24). The van der Waals surface area contributed by atoms with Gasteiger partial charge in [0.05, 0.1) is 11.6 Å². The summed E-state index contributed by atoms with van der Waals surface area (Å²) in [5.74, 6) is -0.184. The Balaban J connectivity index is 2.12. The summed E-state index contributed by atoms with van der Waals surface area (Å²) in [5.41, 5.74) is 0.495. The fraction of sp³-hybridized carbons (Fsp3) is 0.167. The quantitative estimate of drug-likeness (QED) is 0.759. The van der Waals surface area contributed by atoms with E-state index in [1.165, 1.54) is 24.3 Å². The molecular formula is C18H15ClFN3O3. The van der Waals surface area contributed by atoms with Crippen molar-refractivity contribution >= 4 is 34.4 Å². The summed E-state index contributed by atoms with van der Waals surface area (Å²) in [6, 6.07) is 8.65. The summed E-state index contributed by atoms with van der Waals surface area (Å²) in [4.78, 5) is 29.4. The summed E-state index contributed by atoms with van der Waals surface area (Å²) in [7, 11) is 3.24. The van der Waals surface area contributed by atoms with Gasteiger partial charge in [0.1, 0.15) is 11.6 Å². The smallest absolute Gasteiger partial charge is 0.338 e. The van der Waals surface area contributed by atoms with Gasteiger partial charge in [0.15, 0.2) is 0 Å². The molecule has 0 fully saturated rings. The molecule has 6 nitrogen and oxygen atoms in total. The molecule has 0 aliphatic heterocycles. The highest BCUT2D eigenvalue weighted by atomic mass is 35.5. The Bertz CT molecular complexity index is 1050. The van der Waals surface area contributed by atoms with Crippen LogP contribution in [0.25, 0.3) is 22.2 Å². The molecule has 134 valence electrons. The first kappa shape index (κ1) is 17.9. The van der Waals surface area contributed by atoms with Crippen LogP contribution in [0, 0.1) is 5.82 Å². The third kappa shape index (κ3) is 3.52. The second-order valence-electron chi connectivity index (χ2n) is 5.65. The van der Waals surface area contributed by atoms with Crippen LogP contribution in [0.2, 0.25) is 5.02 Å². The molecule has 3 aromatic rings. The fourth-order valence-corrected chi connectivity index (χ4v) is 2.82. The largest absolute Gasteiger partial charge is 0.404 e. The van der Waals surface area contributed by atoms with Crippen LogP contribution in [0.15, 0.2) is 45.6 Å². The molecule has 0 saturated heterocycles. The normalized spacial score (nSPS) is 10.8. The van der Waals surface area contributed by atoms with Crippen LogP contribution in [0.4, 0.5) is 10.2 Å². The number of nitrogens with zero attached hydrogens (tertiary/aromatic N) is 2. The lowest BCUT2D eigenvalue weighted by Gasteiger charge is -2.17. The average molecular weight is 376 g/mol. The van der Waals surface area contributed by atoms with Crippen LogP contribution < -0.4 is 15.8 Å². The third-order valence-electron chi connectivity index (χ3n) is 3.87. The number of carbonyl (C=O) groups excluding carboxylic acids is 1. The summed E-state index contributed by atoms with van der Waals surface area (Å²) >= 11 is 6.13. The molecule has 0 bridgehead atoms. The van der Waals surface area contributed by atoms with E-state index in [1.54, 1.807) is 31.1 Å². The Labute approximate surface area is 153 Å². The summed E-state index contributed by atoms with van der Waals surface area (Å²) in [6.45, 7) is 0.0999. The molecule has 0 spiro atoms. The van der Waals surface area contributed by atoms with Gasteiger partial charge in [-0.3, -0.25) is 4.79 Å². The first-order valence-electron chi connectivity index (χ1n) is 7.71. The fourth-order valence-electron chi connectivity index (χ4n) is 2.55. The minimum Gasteiger partial charge on any atom is -0.404 e. The Kier molecular flexibility index (Phi) is 4.90. The highest BCUT2D eigenvalue weighted by Crippen LogP contribution is 2.33. The first-order chi connectivity index (χ1) is 12.4. The number of halogens is 2. The van der Waals surface area contributed by atoms with E-state index in [4.69, 9.17) is 16.0 Å². The van der Waals surface area contributed by atoms with Crippen molar-refractivity contribution in [1.82, 2.24) is 10.3 Å². The number of rotatable bonds is 4. The van der Waals surface area contributed by atoms with Gasteiger partial charge in [0, 0.05) is 36.7 Å². The van der Waals surface area contributed by atoms with Gasteiger partial charge in [-0.2, -0.15) is 4.98 Å². The molecule has 0 aliphatic carbocycles. The highest BCUT2D eigenvalue weighted by molar-refractivity contribution is 6.33. The van der Waals surface area contributed by atoms with Crippen molar-refractivity contribution in [3.63, 3.8) is 0 Å². The predicted octanol–water partition coefficient (Wildman–Crippen LogP) is 2.83. The van der Waals surface area contributed by atoms with E-state index >= 15 is 0 Å². The van der Waals surface area contributed by atoms with Crippen molar-refractivity contribution < 1.29 is 13.6 Å². The van der Waals surface area contributed by atoms with E-state index in [-0.39, 0.29) is 23.2 Å². The maximum atomic E-state index is 13.3. The van der Waals surface area contributed by atoms with Crippen LogP contribution >= 0.6 is 11.6 Å². The van der Waals surface area contributed by atoms with E-state index < -0.39 is 11.4 Å². The zero-order valence-electron chi connectivity index (χ0n) is 14.0. The molecule has 2 aromatic heterocycles. The molecule has 26 heavy (non-hydrogen) atoms. The van der Waals surface area contributed by atoms with Crippen molar-refractivity contribution in [2.75, 3.05) is 25.5 Å². The topological polar surface area (TPSA) is 75.4 Å². The van der Waals surface area contributed by atoms with Gasteiger partial charge in [0.2, 0.25) is 11.6 Å². The van der Waals surface area contributed by atoms with Gasteiger partial charge >= 0.3 is 5.63 Å². The molecule has 0 unspecified atom stereocenters. The highest BCUT2D eigenvalue weighted by Gasteiger charge is 2.15. The van der Waals surface area contributed by atoms with Crippen LogP contribution in [-0.4, -0.2) is 31.5 Å². The zero-order valence-corrected chi connectivity index (χ0v) is 14.8. The number of amides is 1. The maximum Gasteiger partial charge on any atom is 0.338 e. The Morgan fingerprint density at radius 3 is 2.73 bits per heavy atom. The number of pyridine rings is 1. The van der Waals surface area contributed by atoms with Gasteiger partial charge in [-0.1, -0.05) is 11.6 Å². The predicted molar refractivity (Wildman–Crippen MR) is 98.0 cm³/mol. The minimum atomic E-state index is -0.605. The van der Waals surface area contributed by atoms with Crippen molar-refractivity contribution in [2.45, 2.75) is 0 Å². The van der Waals surface area contributed by atoms with Crippen LogP contribution in [-0.2, 0) is 4.79 Å². The molecule has 0 aliphatic rings. The monoisotopic (exact) mass is 375 g/mol. The third-order valence-corrected chi connectivity index (χ3v) is 4.18. The zero-order chi connectivity index (χ0) is 18.8. The van der Waals surface area contributed by atoms with Crippen molar-refractivity contribution in [3.05, 3.63) is 57.7 Å². The number of hydrogen-bond acceptors (Lipinski definition) is 5. The van der Waals surface area contributed by atoms with Crippen molar-refractivity contribution in [3.8, 4) is 11.1 Å². The number of benzene rings is 1. The Morgan fingerprint density at radius 1 is 1.27 bits per heavy atom. The lowest BCUT2D eigenvalue weighted by Crippen LogP contribution is -2.33. The molecule has 1 aromatic carbocycles. The van der Waals surface area contributed by atoms with Gasteiger partial charge in [-0.25, -0.2) is 9.18 Å². The second kappa shape index (κ2) is 7.13. The molecule has 8 heteroatoms. The Morgan fingerprint density at radius 2 is 2.04 bits per heavy atom. The van der Waals surface area contributed by atoms with E-state index in [0.717, 1.165) is 0 Å². The first-order valence-corrected chi connectivity index (χ1v) is 8.09. The van der Waals surface area contributed by atoms with Gasteiger partial charge in [0.25, 0.3) is 0 Å². The summed E-state index contributed by atoms with van der Waals surface area (Å²) in [5, 5.41) is 3.26. The van der Waals surface area contributed by atoms with Gasteiger partial charge in [-0.15, -0.1) is 0 Å². The summed E-state index contributed by atoms with van der Waals surface area (Å²) < 4.78 is 18.5. The second-order valence-corrected chi connectivity index (χ2v) is 6.06. The number of anilines is 1. The molecule has 1 amide bonds. The number of fused-ring (bicyclic) bond motifs is 1. The molecule has 1 N–H and O–H groups in total. The van der Waals surface area contributed by atoms with Crippen LogP contribution in [0.3, 0.4) is 0 Å². The summed E-state index contributed by atoms with van der Waals surface area (Å²) in [6.07, 6.45) is 0. The molecule has 3 rings (SSSR count). The van der Waals surface area contributed by atoms with Crippen LogP contribution in [0.5, 0.6) is 0 Å². The number of hydrogen-bond donors (Lipinski definition) is 1. The van der Waals surface area contributed by atoms with E-state index in [1.807, 2.05) is 0 Å². The lowest BCUT2D eigenvalue weighted by molar-refractivity contribution is -0.119. The van der Waals surface area contributed by atoms with Crippen LogP contribution in [0.1, 0.15) is 0 Å². The molecule has 2 heterocycles. The van der Waals surface area contributed by atoms with Crippen molar-refractivity contribution in [1.29, 1.82) is 0 Å². The van der Waals surface area contributed by atoms with E-state index in [2.05, 4.69) is 10.3 Å². The average Bonchev–Trinajstić information content (AvgIpc) is 2.60. The number of carbonyl (C=O) groups is 1. The number of likely N-dealkylation sites (N-methyl/N-ethyl adjacent to an activating group) is 2.